The van der Waals surface area contributed by atoms with Crippen molar-refractivity contribution in [1.29, 1.82) is 0 Å². The van der Waals surface area contributed by atoms with Crippen LogP contribution in [-0.2, 0) is 0 Å². The van der Waals surface area contributed by atoms with Crippen molar-refractivity contribution in [2.24, 2.45) is 0 Å². The van der Waals surface area contributed by atoms with Crippen molar-refractivity contribution in [2.45, 2.75) is 0 Å². The molecule has 228 valence electrons. The third-order valence-electron chi connectivity index (χ3n) is 10.4. The number of aromatic nitrogens is 2. The van der Waals surface area contributed by atoms with Crippen LogP contribution in [0.15, 0.2) is 176 Å². The smallest absolute Gasteiger partial charge is 0.131 e. The van der Waals surface area contributed by atoms with E-state index in [1.165, 1.54) is 76.5 Å². The molecule has 0 spiro atoms. The van der Waals surface area contributed by atoms with Crippen LogP contribution < -0.4 is 4.90 Å². The molecule has 3 heteroatoms. The Bertz CT molecular complexity index is 3040. The summed E-state index contributed by atoms with van der Waals surface area (Å²) in [4.78, 5) is 2.42. The fraction of sp³-hybridized carbons (Fsp3) is 0. The molecule has 8 aromatic carbocycles. The molecule has 3 heterocycles. The van der Waals surface area contributed by atoms with Crippen LogP contribution in [0.4, 0.5) is 17.1 Å². The highest BCUT2D eigenvalue weighted by Gasteiger charge is 2.24. The maximum Gasteiger partial charge on any atom is 0.131 e. The van der Waals surface area contributed by atoms with Gasteiger partial charge in [0, 0.05) is 32.9 Å². The van der Waals surface area contributed by atoms with Crippen molar-refractivity contribution in [2.75, 3.05) is 4.90 Å². The Labute approximate surface area is 282 Å². The molecule has 0 N–H and O–H groups in total. The Hall–Kier alpha value is -6.58. The first kappa shape index (κ1) is 26.5. The Morgan fingerprint density at radius 2 is 0.918 bits per heavy atom. The molecule has 3 aromatic heterocycles. The third-order valence-corrected chi connectivity index (χ3v) is 10.4. The van der Waals surface area contributed by atoms with Gasteiger partial charge in [-0.3, -0.25) is 8.80 Å². The van der Waals surface area contributed by atoms with Crippen LogP contribution in [-0.4, -0.2) is 8.80 Å². The van der Waals surface area contributed by atoms with Crippen molar-refractivity contribution >= 4 is 82.5 Å². The van der Waals surface area contributed by atoms with Gasteiger partial charge < -0.3 is 4.90 Å². The fourth-order valence-electron chi connectivity index (χ4n) is 8.30. The van der Waals surface area contributed by atoms with E-state index in [1.54, 1.807) is 0 Å². The SMILES string of the molecule is c1ccc2c(-c3ccc(N(c4ccc5c6c7ccccc7n7c8ccccc8n(c5c4)c67)c4cccc5ccccc45)cc3)cccc2c1. The van der Waals surface area contributed by atoms with Crippen LogP contribution in [0, 0.1) is 0 Å². The number of hydrogen-bond donors (Lipinski definition) is 0. The van der Waals surface area contributed by atoms with Crippen molar-refractivity contribution in [3.05, 3.63) is 176 Å². The summed E-state index contributed by atoms with van der Waals surface area (Å²) in [6.45, 7) is 0. The fourth-order valence-corrected chi connectivity index (χ4v) is 8.30. The van der Waals surface area contributed by atoms with Crippen molar-refractivity contribution in [1.82, 2.24) is 8.80 Å². The first-order valence-corrected chi connectivity index (χ1v) is 16.9. The zero-order valence-electron chi connectivity index (χ0n) is 26.6. The lowest BCUT2D eigenvalue weighted by atomic mass is 9.98. The molecule has 0 saturated heterocycles. The molecule has 11 aromatic rings. The maximum atomic E-state index is 2.47. The molecule has 0 unspecified atom stereocenters. The summed E-state index contributed by atoms with van der Waals surface area (Å²) in [5.41, 5.74) is 12.0. The van der Waals surface area contributed by atoms with E-state index in [4.69, 9.17) is 0 Å². The summed E-state index contributed by atoms with van der Waals surface area (Å²) in [6, 6.07) is 64.2. The van der Waals surface area contributed by atoms with E-state index in [0.29, 0.717) is 0 Å². The zero-order valence-corrected chi connectivity index (χ0v) is 26.6. The van der Waals surface area contributed by atoms with E-state index in [1.807, 2.05) is 0 Å². The minimum atomic E-state index is 1.12. The average molecular weight is 624 g/mol. The number of imidazole rings is 1. The Kier molecular flexibility index (Phi) is 5.38. The molecule has 11 rings (SSSR count). The Balaban J connectivity index is 1.17. The van der Waals surface area contributed by atoms with E-state index in [-0.39, 0.29) is 0 Å². The number of hydrogen-bond acceptors (Lipinski definition) is 1. The van der Waals surface area contributed by atoms with Gasteiger partial charge in [0.05, 0.1) is 27.8 Å². The van der Waals surface area contributed by atoms with Gasteiger partial charge in [0.2, 0.25) is 0 Å². The molecule has 0 fully saturated rings. The first-order valence-electron chi connectivity index (χ1n) is 16.9. The second-order valence-electron chi connectivity index (χ2n) is 13.0. The van der Waals surface area contributed by atoms with E-state index >= 15 is 0 Å². The van der Waals surface area contributed by atoms with Gasteiger partial charge in [0.1, 0.15) is 5.65 Å². The molecular formula is C46H29N3. The molecule has 0 aliphatic rings. The largest absolute Gasteiger partial charge is 0.310 e. The van der Waals surface area contributed by atoms with Crippen LogP contribution in [0.25, 0.3) is 76.5 Å². The second kappa shape index (κ2) is 9.96. The second-order valence-corrected chi connectivity index (χ2v) is 13.0. The quantitative estimate of drug-likeness (QED) is 0.190. The molecule has 0 saturated carbocycles. The van der Waals surface area contributed by atoms with Crippen LogP contribution >= 0.6 is 0 Å². The van der Waals surface area contributed by atoms with Crippen molar-refractivity contribution < 1.29 is 0 Å². The van der Waals surface area contributed by atoms with Crippen LogP contribution in [0.3, 0.4) is 0 Å². The highest BCUT2D eigenvalue weighted by atomic mass is 15.2. The average Bonchev–Trinajstić information content (AvgIpc) is 3.80. The summed E-state index contributed by atoms with van der Waals surface area (Å²) < 4.78 is 4.91. The van der Waals surface area contributed by atoms with E-state index in [0.717, 1.165) is 17.1 Å². The summed E-state index contributed by atoms with van der Waals surface area (Å²) in [5.74, 6) is 0. The van der Waals surface area contributed by atoms with E-state index in [9.17, 15) is 0 Å². The lowest BCUT2D eigenvalue weighted by Crippen LogP contribution is -2.10. The van der Waals surface area contributed by atoms with Gasteiger partial charge in [-0.1, -0.05) is 127 Å². The molecule has 0 radical (unpaired) electrons. The van der Waals surface area contributed by atoms with Crippen LogP contribution in [0.2, 0.25) is 0 Å². The molecule has 49 heavy (non-hydrogen) atoms. The van der Waals surface area contributed by atoms with Gasteiger partial charge in [-0.2, -0.15) is 0 Å². The number of benzene rings is 8. The summed E-state index contributed by atoms with van der Waals surface area (Å²) in [6.07, 6.45) is 0. The molecule has 0 atom stereocenters. The lowest BCUT2D eigenvalue weighted by molar-refractivity contribution is 1.27. The highest BCUT2D eigenvalue weighted by molar-refractivity contribution is 6.24. The number of fused-ring (bicyclic) bond motifs is 11. The Morgan fingerprint density at radius 1 is 0.367 bits per heavy atom. The molecule has 0 bridgehead atoms. The zero-order chi connectivity index (χ0) is 32.1. The number of rotatable bonds is 4. The van der Waals surface area contributed by atoms with Crippen molar-refractivity contribution in [3.8, 4) is 11.1 Å². The standard InChI is InChI=1S/C46H29N3/c1-3-15-35-30(11-1)13-9-18-36(35)32-23-25-33(26-24-32)47(40-22-10-14-31-12-2-4-16-37(31)40)34-27-28-39-44(29-34)49-43-21-8-7-20-42(43)48-41-19-6-5-17-38(41)45(39)46(48)49/h1-29H. The summed E-state index contributed by atoms with van der Waals surface area (Å²) in [7, 11) is 0. The molecule has 3 nitrogen and oxygen atoms in total. The predicted molar refractivity (Wildman–Crippen MR) is 207 cm³/mol. The van der Waals surface area contributed by atoms with E-state index in [2.05, 4.69) is 190 Å². The number of para-hydroxylation sites is 3. The number of nitrogens with zero attached hydrogens (tertiary/aromatic N) is 3. The Morgan fingerprint density at radius 3 is 1.69 bits per heavy atom. The minimum absolute atomic E-state index is 1.12. The van der Waals surface area contributed by atoms with Gasteiger partial charge in [-0.25, -0.2) is 0 Å². The third kappa shape index (κ3) is 3.67. The lowest BCUT2D eigenvalue weighted by Gasteiger charge is -2.27. The van der Waals surface area contributed by atoms with Gasteiger partial charge in [0.15, 0.2) is 0 Å². The monoisotopic (exact) mass is 623 g/mol. The normalized spacial score (nSPS) is 12.1. The molecular weight excluding hydrogens is 595 g/mol. The van der Waals surface area contributed by atoms with Gasteiger partial charge in [-0.15, -0.1) is 0 Å². The molecule has 0 aliphatic heterocycles. The van der Waals surface area contributed by atoms with Gasteiger partial charge in [0.25, 0.3) is 0 Å². The van der Waals surface area contributed by atoms with Gasteiger partial charge >= 0.3 is 0 Å². The topological polar surface area (TPSA) is 12.1 Å². The number of anilines is 3. The minimum Gasteiger partial charge on any atom is -0.310 e. The molecule has 0 aliphatic carbocycles. The van der Waals surface area contributed by atoms with Crippen molar-refractivity contribution in [3.63, 3.8) is 0 Å². The molecule has 0 amide bonds. The highest BCUT2D eigenvalue weighted by Crippen LogP contribution is 2.45. The van der Waals surface area contributed by atoms with E-state index < -0.39 is 0 Å². The summed E-state index contributed by atoms with van der Waals surface area (Å²) >= 11 is 0. The van der Waals surface area contributed by atoms with Gasteiger partial charge in [-0.05, 0) is 75.8 Å². The first-order chi connectivity index (χ1) is 24.3. The maximum absolute atomic E-state index is 2.47. The predicted octanol–water partition coefficient (Wildman–Crippen LogP) is 12.5. The summed E-state index contributed by atoms with van der Waals surface area (Å²) in [5, 5.41) is 8.83. The van der Waals surface area contributed by atoms with Crippen LogP contribution in [0.5, 0.6) is 0 Å². The van der Waals surface area contributed by atoms with Crippen LogP contribution in [0.1, 0.15) is 0 Å².